The molecule has 5 nitrogen and oxygen atoms in total. The van der Waals surface area contributed by atoms with Gasteiger partial charge in [0, 0.05) is 30.3 Å². The molecule has 3 saturated carbocycles. The van der Waals surface area contributed by atoms with Gasteiger partial charge in [-0.3, -0.25) is 4.79 Å². The van der Waals surface area contributed by atoms with Crippen LogP contribution in [0, 0.1) is 17.8 Å². The van der Waals surface area contributed by atoms with E-state index in [1.54, 1.807) is 0 Å². The van der Waals surface area contributed by atoms with Crippen LogP contribution in [-0.2, 0) is 14.6 Å². The lowest BCUT2D eigenvalue weighted by Crippen LogP contribution is -2.52. The summed E-state index contributed by atoms with van der Waals surface area (Å²) >= 11 is 0. The fraction of sp³-hybridized carbons (Fsp3) is 0.941. The van der Waals surface area contributed by atoms with Gasteiger partial charge in [-0.25, -0.2) is 8.42 Å². The number of hydrogen-bond acceptors (Lipinski definition) is 4. The lowest BCUT2D eigenvalue weighted by molar-refractivity contribution is -0.141. The number of carbonyl (C=O) groups excluding carboxylic acids is 1. The van der Waals surface area contributed by atoms with Gasteiger partial charge in [-0.1, -0.05) is 6.42 Å². The van der Waals surface area contributed by atoms with Gasteiger partial charge in [0.2, 0.25) is 5.91 Å². The van der Waals surface area contributed by atoms with Crippen molar-refractivity contribution in [3.05, 3.63) is 0 Å². The Bertz CT molecular complexity index is 550. The molecule has 3 atom stereocenters. The molecule has 0 aromatic carbocycles. The third kappa shape index (κ3) is 4.44. The quantitative estimate of drug-likeness (QED) is 0.793. The number of carbonyl (C=O) groups is 1. The summed E-state index contributed by atoms with van der Waals surface area (Å²) in [5.74, 6) is 1.25. The Morgan fingerprint density at radius 1 is 1.17 bits per heavy atom. The first kappa shape index (κ1) is 20.0. The molecule has 3 fully saturated rings. The van der Waals surface area contributed by atoms with Gasteiger partial charge in [0.25, 0.3) is 0 Å². The van der Waals surface area contributed by atoms with Crippen molar-refractivity contribution in [1.82, 2.24) is 4.90 Å². The van der Waals surface area contributed by atoms with Crippen LogP contribution in [0.3, 0.4) is 0 Å². The van der Waals surface area contributed by atoms with E-state index in [1.165, 1.54) is 12.7 Å². The second-order valence-corrected chi connectivity index (χ2v) is 10.3. The summed E-state index contributed by atoms with van der Waals surface area (Å²) in [6.07, 6.45) is 8.59. The maximum Gasteiger partial charge on any atom is 0.226 e. The molecule has 0 saturated heterocycles. The van der Waals surface area contributed by atoms with Crippen LogP contribution in [0.4, 0.5) is 0 Å². The number of amides is 1. The van der Waals surface area contributed by atoms with Crippen molar-refractivity contribution in [3.8, 4) is 0 Å². The van der Waals surface area contributed by atoms with E-state index >= 15 is 0 Å². The molecule has 0 aromatic heterocycles. The van der Waals surface area contributed by atoms with Gasteiger partial charge in [0.15, 0.2) is 0 Å². The van der Waals surface area contributed by atoms with Crippen LogP contribution in [0.1, 0.15) is 51.9 Å². The first-order chi connectivity index (χ1) is 10.8. The summed E-state index contributed by atoms with van der Waals surface area (Å²) in [7, 11) is -3.08. The highest BCUT2D eigenvalue weighted by Crippen LogP contribution is 2.43. The second kappa shape index (κ2) is 7.50. The van der Waals surface area contributed by atoms with E-state index in [2.05, 4.69) is 0 Å². The minimum Gasteiger partial charge on any atom is -0.336 e. The Kier molecular flexibility index (Phi) is 6.25. The first-order valence-electron chi connectivity index (χ1n) is 9.01. The summed E-state index contributed by atoms with van der Waals surface area (Å²) in [6.45, 7) is 1.88. The zero-order valence-corrected chi connectivity index (χ0v) is 16.3. The Balaban J connectivity index is 0.00000208. The molecular formula is C17H31ClN2O3S. The average Bonchev–Trinajstić information content (AvgIpc) is 3.20. The Morgan fingerprint density at radius 3 is 2.17 bits per heavy atom. The van der Waals surface area contributed by atoms with Gasteiger partial charge in [-0.15, -0.1) is 12.4 Å². The number of rotatable bonds is 5. The average molecular weight is 379 g/mol. The van der Waals surface area contributed by atoms with Crippen molar-refractivity contribution in [2.75, 3.05) is 12.0 Å². The fourth-order valence-electron chi connectivity index (χ4n) is 4.83. The van der Waals surface area contributed by atoms with Crippen molar-refractivity contribution >= 4 is 28.2 Å². The summed E-state index contributed by atoms with van der Waals surface area (Å²) in [6, 6.07) is 0.297. The highest BCUT2D eigenvalue weighted by molar-refractivity contribution is 7.90. The first-order valence-corrected chi connectivity index (χ1v) is 11.1. The smallest absolute Gasteiger partial charge is 0.226 e. The predicted octanol–water partition coefficient (Wildman–Crippen LogP) is 1.99. The van der Waals surface area contributed by atoms with Gasteiger partial charge in [-0.05, 0) is 57.3 Å². The minimum atomic E-state index is -3.08. The number of hydrogen-bond donors (Lipinski definition) is 1. The fourth-order valence-corrected chi connectivity index (χ4v) is 5.87. The lowest BCUT2D eigenvalue weighted by Gasteiger charge is -2.45. The van der Waals surface area contributed by atoms with Crippen molar-refractivity contribution < 1.29 is 13.2 Å². The third-order valence-corrected chi connectivity index (χ3v) is 7.06. The van der Waals surface area contributed by atoms with Gasteiger partial charge in [-0.2, -0.15) is 0 Å². The topological polar surface area (TPSA) is 80.5 Å². The molecule has 24 heavy (non-hydrogen) atoms. The highest BCUT2D eigenvalue weighted by Gasteiger charge is 2.45. The lowest BCUT2D eigenvalue weighted by atomic mass is 9.65. The van der Waals surface area contributed by atoms with E-state index in [9.17, 15) is 13.2 Å². The van der Waals surface area contributed by atoms with Crippen LogP contribution >= 0.6 is 12.4 Å². The molecule has 3 rings (SSSR count). The maximum absolute atomic E-state index is 13.1. The Labute approximate surface area is 152 Å². The number of nitrogens with zero attached hydrogens (tertiary/aromatic N) is 1. The number of fused-ring (bicyclic) bond motifs is 2. The summed E-state index contributed by atoms with van der Waals surface area (Å²) in [5.41, 5.74) is 6.33. The molecule has 0 spiro atoms. The summed E-state index contributed by atoms with van der Waals surface area (Å²) in [4.78, 5) is 15.0. The predicted molar refractivity (Wildman–Crippen MR) is 97.8 cm³/mol. The SMILES string of the molecule is CC(CS(C)(=O)=O)N(C(=O)C1CC2CCCC(C1)C2N)C1CC1.Cl. The van der Waals surface area contributed by atoms with Gasteiger partial charge < -0.3 is 10.6 Å². The molecule has 7 heteroatoms. The zero-order chi connectivity index (χ0) is 16.8. The number of halogens is 1. The van der Waals surface area contributed by atoms with Crippen LogP contribution in [0.2, 0.25) is 0 Å². The van der Waals surface area contributed by atoms with Crippen molar-refractivity contribution in [1.29, 1.82) is 0 Å². The van der Waals surface area contributed by atoms with Crippen LogP contribution in [0.25, 0.3) is 0 Å². The van der Waals surface area contributed by atoms with Crippen LogP contribution in [0.15, 0.2) is 0 Å². The molecule has 0 aromatic rings. The third-order valence-electron chi connectivity index (χ3n) is 5.98. The summed E-state index contributed by atoms with van der Waals surface area (Å²) in [5, 5.41) is 0. The maximum atomic E-state index is 13.1. The molecular weight excluding hydrogens is 348 g/mol. The molecule has 2 bridgehead atoms. The van der Waals surface area contributed by atoms with E-state index in [-0.39, 0.29) is 48.1 Å². The number of nitrogens with two attached hydrogens (primary N) is 1. The minimum absolute atomic E-state index is 0. The van der Waals surface area contributed by atoms with E-state index < -0.39 is 9.84 Å². The van der Waals surface area contributed by atoms with Crippen LogP contribution in [0.5, 0.6) is 0 Å². The van der Waals surface area contributed by atoms with Gasteiger partial charge >= 0.3 is 0 Å². The molecule has 3 aliphatic rings. The van der Waals surface area contributed by atoms with E-state index in [4.69, 9.17) is 5.73 Å². The van der Waals surface area contributed by atoms with Gasteiger partial charge in [0.05, 0.1) is 5.75 Å². The molecule has 1 amide bonds. The van der Waals surface area contributed by atoms with Crippen molar-refractivity contribution in [3.63, 3.8) is 0 Å². The van der Waals surface area contributed by atoms with Crippen molar-refractivity contribution in [2.45, 2.75) is 70.0 Å². The van der Waals surface area contributed by atoms with Crippen LogP contribution < -0.4 is 5.73 Å². The molecule has 0 aliphatic heterocycles. The highest BCUT2D eigenvalue weighted by atomic mass is 35.5. The van der Waals surface area contributed by atoms with E-state index in [0.717, 1.165) is 38.5 Å². The molecule has 0 radical (unpaired) electrons. The molecule has 2 N–H and O–H groups in total. The summed E-state index contributed by atoms with van der Waals surface area (Å²) < 4.78 is 23.3. The van der Waals surface area contributed by atoms with E-state index in [0.29, 0.717) is 11.8 Å². The number of sulfone groups is 1. The second-order valence-electron chi connectivity index (χ2n) is 8.11. The molecule has 3 unspecified atom stereocenters. The van der Waals surface area contributed by atoms with Crippen LogP contribution in [-0.4, -0.2) is 49.4 Å². The Hall–Kier alpha value is -0.330. The normalized spacial score (nSPS) is 34.1. The molecule has 140 valence electrons. The van der Waals surface area contributed by atoms with Gasteiger partial charge in [0.1, 0.15) is 9.84 Å². The largest absolute Gasteiger partial charge is 0.336 e. The standard InChI is InChI=1S/C17H30N2O3S.ClH/c1-11(10-23(2,21)22)19(15-6-7-15)17(20)14-8-12-4-3-5-13(9-14)16(12)18;/h11-16H,3-10,18H2,1-2H3;1H. The Morgan fingerprint density at radius 2 is 1.71 bits per heavy atom. The molecule has 0 heterocycles. The zero-order valence-electron chi connectivity index (χ0n) is 14.7. The molecule has 3 aliphatic carbocycles. The van der Waals surface area contributed by atoms with Crippen molar-refractivity contribution in [2.24, 2.45) is 23.5 Å². The monoisotopic (exact) mass is 378 g/mol. The van der Waals surface area contributed by atoms with E-state index in [1.807, 2.05) is 11.8 Å².